The van der Waals surface area contributed by atoms with E-state index in [1.54, 1.807) is 24.9 Å². The molecule has 1 aliphatic heterocycles. The number of aromatic nitrogens is 1. The minimum Gasteiger partial charge on any atom is -0.392 e. The van der Waals surface area contributed by atoms with Gasteiger partial charge in [0.15, 0.2) is 9.84 Å². The van der Waals surface area contributed by atoms with Gasteiger partial charge in [-0.1, -0.05) is 6.92 Å². The minimum atomic E-state index is -3.15. The average molecular weight is 316 g/mol. The first kappa shape index (κ1) is 15.6. The number of aliphatic hydroxyl groups excluding tert-OH is 1. The lowest BCUT2D eigenvalue weighted by molar-refractivity contribution is 0.281. The van der Waals surface area contributed by atoms with Crippen LogP contribution in [0.5, 0.6) is 0 Å². The Kier molecular flexibility index (Phi) is 4.93. The van der Waals surface area contributed by atoms with Crippen molar-refractivity contribution in [1.82, 2.24) is 4.98 Å². The molecule has 0 aliphatic carbocycles. The van der Waals surface area contributed by atoms with Crippen molar-refractivity contribution in [3.05, 3.63) is 23.5 Å². The molecule has 5 nitrogen and oxygen atoms in total. The standard InChI is InChI=1S/C13H20N2O3S2/c1-3-20(17,18)13-9-19-5-4-15(13)12-6-10(2)14-7-11(12)8-16/h6-7,13,16H,3-5,8-9H2,1-2H3. The van der Waals surface area contributed by atoms with Crippen molar-refractivity contribution in [2.24, 2.45) is 0 Å². The van der Waals surface area contributed by atoms with Crippen molar-refractivity contribution < 1.29 is 13.5 Å². The van der Waals surface area contributed by atoms with Gasteiger partial charge < -0.3 is 10.0 Å². The zero-order valence-electron chi connectivity index (χ0n) is 11.7. The van der Waals surface area contributed by atoms with Gasteiger partial charge in [-0.25, -0.2) is 8.42 Å². The largest absolute Gasteiger partial charge is 0.392 e. The third kappa shape index (κ3) is 3.10. The molecular formula is C13H20N2O3S2. The zero-order chi connectivity index (χ0) is 14.8. The van der Waals surface area contributed by atoms with Crippen LogP contribution in [0.4, 0.5) is 5.69 Å². The van der Waals surface area contributed by atoms with Crippen molar-refractivity contribution in [2.45, 2.75) is 25.8 Å². The lowest BCUT2D eigenvalue weighted by Gasteiger charge is -2.37. The highest BCUT2D eigenvalue weighted by Gasteiger charge is 2.33. The first-order valence-electron chi connectivity index (χ1n) is 6.62. The summed E-state index contributed by atoms with van der Waals surface area (Å²) in [5.74, 6) is 1.59. The number of hydrogen-bond donors (Lipinski definition) is 1. The first-order chi connectivity index (χ1) is 9.49. The number of sulfone groups is 1. The highest BCUT2D eigenvalue weighted by molar-refractivity contribution is 8.01. The molecule has 0 bridgehead atoms. The molecule has 1 N–H and O–H groups in total. The second-order valence-corrected chi connectivity index (χ2v) is 8.38. The smallest absolute Gasteiger partial charge is 0.171 e. The fourth-order valence-electron chi connectivity index (χ4n) is 2.31. The van der Waals surface area contributed by atoms with Crippen molar-refractivity contribution in [1.29, 1.82) is 0 Å². The van der Waals surface area contributed by atoms with E-state index in [1.807, 2.05) is 17.9 Å². The molecule has 2 heterocycles. The summed E-state index contributed by atoms with van der Waals surface area (Å²) in [6, 6.07) is 1.86. The summed E-state index contributed by atoms with van der Waals surface area (Å²) in [6.45, 7) is 4.08. The highest BCUT2D eigenvalue weighted by Crippen LogP contribution is 2.30. The van der Waals surface area contributed by atoms with Crippen LogP contribution in [0.1, 0.15) is 18.2 Å². The van der Waals surface area contributed by atoms with Crippen LogP contribution in [0.25, 0.3) is 0 Å². The summed E-state index contributed by atoms with van der Waals surface area (Å²) in [5.41, 5.74) is 2.30. The van der Waals surface area contributed by atoms with Crippen molar-refractivity contribution in [3.8, 4) is 0 Å². The van der Waals surface area contributed by atoms with Crippen LogP contribution in [0.3, 0.4) is 0 Å². The van der Waals surface area contributed by atoms with E-state index in [0.29, 0.717) is 17.9 Å². The van der Waals surface area contributed by atoms with Crippen LogP contribution in [0.2, 0.25) is 0 Å². The monoisotopic (exact) mass is 316 g/mol. The summed E-state index contributed by atoms with van der Waals surface area (Å²) in [4.78, 5) is 6.08. The third-order valence-corrected chi connectivity index (χ3v) is 6.77. The predicted octanol–water partition coefficient (Wildman–Crippen LogP) is 1.20. The van der Waals surface area contributed by atoms with Crippen molar-refractivity contribution in [2.75, 3.05) is 28.7 Å². The Hall–Kier alpha value is -0.790. The maximum Gasteiger partial charge on any atom is 0.171 e. The van der Waals surface area contributed by atoms with E-state index in [9.17, 15) is 13.5 Å². The highest BCUT2D eigenvalue weighted by atomic mass is 32.2. The van der Waals surface area contributed by atoms with E-state index in [0.717, 1.165) is 17.1 Å². The molecule has 0 spiro atoms. The quantitative estimate of drug-likeness (QED) is 0.900. The Balaban J connectivity index is 2.45. The lowest BCUT2D eigenvalue weighted by atomic mass is 10.2. The topological polar surface area (TPSA) is 70.5 Å². The van der Waals surface area contributed by atoms with Crippen molar-refractivity contribution >= 4 is 27.3 Å². The van der Waals surface area contributed by atoms with Crippen LogP contribution in [-0.4, -0.2) is 47.7 Å². The molecule has 20 heavy (non-hydrogen) atoms. The molecule has 0 aromatic carbocycles. The molecule has 1 unspecified atom stereocenters. The molecule has 1 saturated heterocycles. The van der Waals surface area contributed by atoms with Gasteiger partial charge in [0.25, 0.3) is 0 Å². The Morgan fingerprint density at radius 1 is 1.55 bits per heavy atom. The van der Waals surface area contributed by atoms with E-state index in [-0.39, 0.29) is 12.4 Å². The van der Waals surface area contributed by atoms with Gasteiger partial charge in [-0.2, -0.15) is 11.8 Å². The molecule has 1 aliphatic rings. The van der Waals surface area contributed by atoms with Gasteiger partial charge in [-0.15, -0.1) is 0 Å². The van der Waals surface area contributed by atoms with Gasteiger partial charge >= 0.3 is 0 Å². The van der Waals surface area contributed by atoms with Gasteiger partial charge in [0, 0.05) is 46.9 Å². The number of aryl methyl sites for hydroxylation is 1. The van der Waals surface area contributed by atoms with Crippen LogP contribution >= 0.6 is 11.8 Å². The summed E-state index contributed by atoms with van der Waals surface area (Å²) in [5, 5.41) is 8.95. The number of nitrogens with zero attached hydrogens (tertiary/aromatic N) is 2. The van der Waals surface area contributed by atoms with Crippen LogP contribution < -0.4 is 4.90 Å². The van der Waals surface area contributed by atoms with Crippen LogP contribution in [-0.2, 0) is 16.4 Å². The number of pyridine rings is 1. The molecule has 7 heteroatoms. The van der Waals surface area contributed by atoms with Crippen molar-refractivity contribution in [3.63, 3.8) is 0 Å². The first-order valence-corrected chi connectivity index (χ1v) is 9.49. The fourth-order valence-corrected chi connectivity index (χ4v) is 5.29. The van der Waals surface area contributed by atoms with Gasteiger partial charge in [0.1, 0.15) is 5.37 Å². The number of aliphatic hydroxyl groups is 1. The summed E-state index contributed by atoms with van der Waals surface area (Å²) >= 11 is 1.66. The zero-order valence-corrected chi connectivity index (χ0v) is 13.4. The van der Waals surface area contributed by atoms with Crippen LogP contribution in [0, 0.1) is 6.92 Å². The maximum atomic E-state index is 12.3. The molecular weight excluding hydrogens is 296 g/mol. The van der Waals surface area contributed by atoms with E-state index >= 15 is 0 Å². The van der Waals surface area contributed by atoms with E-state index in [4.69, 9.17) is 0 Å². The Labute approximate surface area is 124 Å². The van der Waals surface area contributed by atoms with Gasteiger partial charge in [0.2, 0.25) is 0 Å². The van der Waals surface area contributed by atoms with E-state index in [2.05, 4.69) is 4.98 Å². The normalized spacial score (nSPS) is 20.1. The lowest BCUT2D eigenvalue weighted by Crippen LogP contribution is -2.48. The third-order valence-electron chi connectivity index (χ3n) is 3.48. The van der Waals surface area contributed by atoms with Crippen LogP contribution in [0.15, 0.2) is 12.3 Å². The molecule has 1 fully saturated rings. The van der Waals surface area contributed by atoms with E-state index in [1.165, 1.54) is 0 Å². The molecule has 0 amide bonds. The molecule has 1 aromatic heterocycles. The molecule has 2 rings (SSSR count). The number of hydrogen-bond acceptors (Lipinski definition) is 6. The summed E-state index contributed by atoms with van der Waals surface area (Å²) in [7, 11) is -3.15. The summed E-state index contributed by atoms with van der Waals surface area (Å²) < 4.78 is 24.6. The maximum absolute atomic E-state index is 12.3. The number of thioether (sulfide) groups is 1. The van der Waals surface area contributed by atoms with E-state index < -0.39 is 15.2 Å². The Morgan fingerprint density at radius 3 is 2.95 bits per heavy atom. The predicted molar refractivity (Wildman–Crippen MR) is 82.8 cm³/mol. The second kappa shape index (κ2) is 6.32. The minimum absolute atomic E-state index is 0.132. The molecule has 112 valence electrons. The summed E-state index contributed by atoms with van der Waals surface area (Å²) in [6.07, 6.45) is 1.63. The molecule has 1 aromatic rings. The number of rotatable bonds is 4. The molecule has 0 radical (unpaired) electrons. The fraction of sp³-hybridized carbons (Fsp3) is 0.615. The van der Waals surface area contributed by atoms with Gasteiger partial charge in [-0.3, -0.25) is 4.98 Å². The second-order valence-electron chi connectivity index (χ2n) is 4.79. The SMILES string of the molecule is CCS(=O)(=O)C1CSCCN1c1cc(C)ncc1CO. The van der Waals surface area contributed by atoms with Gasteiger partial charge in [-0.05, 0) is 13.0 Å². The molecule has 1 atom stereocenters. The Morgan fingerprint density at radius 2 is 2.30 bits per heavy atom. The Bertz CT molecular complexity index is 575. The number of anilines is 1. The van der Waals surface area contributed by atoms with Gasteiger partial charge in [0.05, 0.1) is 6.61 Å². The average Bonchev–Trinajstić information content (AvgIpc) is 2.47. The molecule has 0 saturated carbocycles.